The number of rotatable bonds is 8. The van der Waals surface area contributed by atoms with Gasteiger partial charge in [-0.3, -0.25) is 0 Å². The number of carbonyl (C=O) groups is 1. The van der Waals surface area contributed by atoms with Crippen molar-refractivity contribution in [2.75, 3.05) is 12.4 Å². The number of anilines is 1. The van der Waals surface area contributed by atoms with E-state index in [9.17, 15) is 9.18 Å². The molecule has 144 valence electrons. The fraction of sp³-hybridized carbons (Fsp3) is 0.136. The van der Waals surface area contributed by atoms with Crippen LogP contribution in [0.15, 0.2) is 66.7 Å². The SMILES string of the molecule is COc1ccc(C(=O)O)cc1NCc1cccc(OCc2ccccc2F)c1. The molecule has 0 aromatic heterocycles. The molecule has 0 atom stereocenters. The minimum atomic E-state index is -1.01. The molecule has 0 unspecified atom stereocenters. The van der Waals surface area contributed by atoms with E-state index < -0.39 is 5.97 Å². The molecular formula is C22H20FNO4. The lowest BCUT2D eigenvalue weighted by molar-refractivity contribution is 0.0697. The van der Waals surface area contributed by atoms with Crippen molar-refractivity contribution in [1.29, 1.82) is 0 Å². The Morgan fingerprint density at radius 3 is 2.64 bits per heavy atom. The van der Waals surface area contributed by atoms with Gasteiger partial charge in [0.05, 0.1) is 18.4 Å². The molecule has 6 heteroatoms. The first-order valence-electron chi connectivity index (χ1n) is 8.67. The van der Waals surface area contributed by atoms with E-state index in [-0.39, 0.29) is 18.0 Å². The summed E-state index contributed by atoms with van der Waals surface area (Å²) < 4.78 is 24.7. The van der Waals surface area contributed by atoms with Crippen molar-refractivity contribution in [1.82, 2.24) is 0 Å². The van der Waals surface area contributed by atoms with E-state index in [4.69, 9.17) is 14.6 Å². The van der Waals surface area contributed by atoms with Gasteiger partial charge in [0.2, 0.25) is 0 Å². The van der Waals surface area contributed by atoms with E-state index in [1.165, 1.54) is 25.3 Å². The summed E-state index contributed by atoms with van der Waals surface area (Å²) >= 11 is 0. The zero-order valence-corrected chi connectivity index (χ0v) is 15.3. The van der Waals surface area contributed by atoms with E-state index in [0.717, 1.165) is 5.56 Å². The lowest BCUT2D eigenvalue weighted by Crippen LogP contribution is -2.04. The normalized spacial score (nSPS) is 10.4. The van der Waals surface area contributed by atoms with Gasteiger partial charge < -0.3 is 19.9 Å². The van der Waals surface area contributed by atoms with Crippen LogP contribution in [0.3, 0.4) is 0 Å². The van der Waals surface area contributed by atoms with Crippen LogP contribution in [-0.2, 0) is 13.2 Å². The molecule has 2 N–H and O–H groups in total. The van der Waals surface area contributed by atoms with Crippen LogP contribution < -0.4 is 14.8 Å². The number of aromatic carboxylic acids is 1. The summed E-state index contributed by atoms with van der Waals surface area (Å²) in [4.78, 5) is 11.2. The first-order valence-corrected chi connectivity index (χ1v) is 8.67. The maximum Gasteiger partial charge on any atom is 0.335 e. The number of benzene rings is 3. The quantitative estimate of drug-likeness (QED) is 0.591. The topological polar surface area (TPSA) is 67.8 Å². The molecule has 0 fully saturated rings. The van der Waals surface area contributed by atoms with Crippen LogP contribution in [0.1, 0.15) is 21.5 Å². The van der Waals surface area contributed by atoms with E-state index in [1.807, 2.05) is 18.2 Å². The van der Waals surface area contributed by atoms with Crippen molar-refractivity contribution in [2.24, 2.45) is 0 Å². The van der Waals surface area contributed by atoms with Gasteiger partial charge in [-0.1, -0.05) is 30.3 Å². The van der Waals surface area contributed by atoms with Crippen molar-refractivity contribution in [2.45, 2.75) is 13.2 Å². The molecule has 0 bridgehead atoms. The standard InChI is InChI=1S/C22H20FNO4/c1-27-21-10-9-16(22(25)26)12-20(21)24-13-15-5-4-7-18(11-15)28-14-17-6-2-3-8-19(17)23/h2-12,24H,13-14H2,1H3,(H,25,26). The Morgan fingerprint density at radius 2 is 1.89 bits per heavy atom. The summed E-state index contributed by atoms with van der Waals surface area (Å²) in [6, 6.07) is 18.5. The number of hydrogen-bond acceptors (Lipinski definition) is 4. The van der Waals surface area contributed by atoms with Gasteiger partial charge in [0, 0.05) is 12.1 Å². The fourth-order valence-corrected chi connectivity index (χ4v) is 2.70. The highest BCUT2D eigenvalue weighted by molar-refractivity contribution is 5.89. The molecule has 3 rings (SSSR count). The monoisotopic (exact) mass is 381 g/mol. The molecule has 0 saturated heterocycles. The Labute approximate surface area is 162 Å². The lowest BCUT2D eigenvalue weighted by Gasteiger charge is -2.13. The highest BCUT2D eigenvalue weighted by atomic mass is 19.1. The van der Waals surface area contributed by atoms with Crippen LogP contribution in [-0.4, -0.2) is 18.2 Å². The van der Waals surface area contributed by atoms with Gasteiger partial charge in [0.1, 0.15) is 23.9 Å². The van der Waals surface area contributed by atoms with Crippen molar-refractivity contribution >= 4 is 11.7 Å². The molecule has 0 spiro atoms. The summed E-state index contributed by atoms with van der Waals surface area (Å²) in [5, 5.41) is 12.3. The van der Waals surface area contributed by atoms with Gasteiger partial charge in [0.15, 0.2) is 0 Å². The smallest absolute Gasteiger partial charge is 0.335 e. The van der Waals surface area contributed by atoms with Gasteiger partial charge >= 0.3 is 5.97 Å². The Balaban J connectivity index is 1.67. The van der Waals surface area contributed by atoms with Crippen molar-refractivity contribution < 1.29 is 23.8 Å². The highest BCUT2D eigenvalue weighted by Crippen LogP contribution is 2.26. The highest BCUT2D eigenvalue weighted by Gasteiger charge is 2.09. The molecule has 28 heavy (non-hydrogen) atoms. The summed E-state index contributed by atoms with van der Waals surface area (Å²) in [5.41, 5.74) is 2.17. The van der Waals surface area contributed by atoms with Crippen molar-refractivity contribution in [3.05, 3.63) is 89.2 Å². The zero-order valence-electron chi connectivity index (χ0n) is 15.3. The summed E-state index contributed by atoms with van der Waals surface area (Å²) in [6.07, 6.45) is 0. The molecule has 0 aliphatic heterocycles. The third-order valence-electron chi connectivity index (χ3n) is 4.18. The van der Waals surface area contributed by atoms with E-state index in [0.29, 0.717) is 29.3 Å². The Bertz CT molecular complexity index is 974. The van der Waals surface area contributed by atoms with Crippen molar-refractivity contribution in [3.63, 3.8) is 0 Å². The average molecular weight is 381 g/mol. The van der Waals surface area contributed by atoms with Crippen LogP contribution in [0.5, 0.6) is 11.5 Å². The number of hydrogen-bond donors (Lipinski definition) is 2. The lowest BCUT2D eigenvalue weighted by atomic mass is 10.1. The van der Waals surface area contributed by atoms with Crippen LogP contribution in [0.4, 0.5) is 10.1 Å². The predicted octanol–water partition coefficient (Wildman–Crippen LogP) is 4.72. The van der Waals surface area contributed by atoms with Crippen LogP contribution in [0, 0.1) is 5.82 Å². The minimum absolute atomic E-state index is 0.137. The Kier molecular flexibility index (Phi) is 6.11. The van der Waals surface area contributed by atoms with Gasteiger partial charge in [-0.2, -0.15) is 0 Å². The van der Waals surface area contributed by atoms with Gasteiger partial charge in [-0.15, -0.1) is 0 Å². The third-order valence-corrected chi connectivity index (χ3v) is 4.18. The van der Waals surface area contributed by atoms with E-state index in [2.05, 4.69) is 5.32 Å². The largest absolute Gasteiger partial charge is 0.495 e. The number of halogens is 1. The molecule has 3 aromatic carbocycles. The number of ether oxygens (including phenoxy) is 2. The molecule has 0 saturated carbocycles. The van der Waals surface area contributed by atoms with Crippen LogP contribution in [0.2, 0.25) is 0 Å². The Hall–Kier alpha value is -3.54. The zero-order chi connectivity index (χ0) is 19.9. The molecule has 0 amide bonds. The summed E-state index contributed by atoms with van der Waals surface area (Å²) in [7, 11) is 1.53. The molecule has 5 nitrogen and oxygen atoms in total. The molecule has 0 radical (unpaired) electrons. The van der Waals surface area contributed by atoms with Crippen LogP contribution >= 0.6 is 0 Å². The van der Waals surface area contributed by atoms with Crippen molar-refractivity contribution in [3.8, 4) is 11.5 Å². The van der Waals surface area contributed by atoms with E-state index >= 15 is 0 Å². The second-order valence-corrected chi connectivity index (χ2v) is 6.10. The Morgan fingerprint density at radius 1 is 1.07 bits per heavy atom. The molecule has 0 aliphatic carbocycles. The van der Waals surface area contributed by atoms with Crippen LogP contribution in [0.25, 0.3) is 0 Å². The minimum Gasteiger partial charge on any atom is -0.495 e. The fourth-order valence-electron chi connectivity index (χ4n) is 2.70. The summed E-state index contributed by atoms with van der Waals surface area (Å²) in [5.74, 6) is -0.134. The number of carboxylic acids is 1. The molecule has 3 aromatic rings. The summed E-state index contributed by atoms with van der Waals surface area (Å²) in [6.45, 7) is 0.578. The van der Waals surface area contributed by atoms with Gasteiger partial charge in [0.25, 0.3) is 0 Å². The predicted molar refractivity (Wildman–Crippen MR) is 104 cm³/mol. The number of carboxylic acid groups (broad SMARTS) is 1. The van der Waals surface area contributed by atoms with Gasteiger partial charge in [-0.25, -0.2) is 9.18 Å². The van der Waals surface area contributed by atoms with E-state index in [1.54, 1.807) is 30.3 Å². The first-order chi connectivity index (χ1) is 13.6. The maximum atomic E-state index is 13.7. The third kappa shape index (κ3) is 4.79. The molecule has 0 heterocycles. The van der Waals surface area contributed by atoms with Gasteiger partial charge in [-0.05, 0) is 42.0 Å². The first kappa shape index (κ1) is 19.2. The second-order valence-electron chi connectivity index (χ2n) is 6.10. The average Bonchev–Trinajstić information content (AvgIpc) is 2.71. The second kappa shape index (κ2) is 8.90. The maximum absolute atomic E-state index is 13.7. The molecule has 0 aliphatic rings. The number of methoxy groups -OCH3 is 1. The number of nitrogens with one attached hydrogen (secondary N) is 1. The molecular weight excluding hydrogens is 361 g/mol.